The van der Waals surface area contributed by atoms with Gasteiger partial charge in [-0.05, 0) is 17.5 Å². The number of aliphatic carboxylic acids is 1. The zero-order chi connectivity index (χ0) is 19.8. The minimum atomic E-state index is -1.39. The van der Waals surface area contributed by atoms with E-state index in [1.54, 1.807) is 12.1 Å². The molecular formula is C16H18N4O5S2. The number of rotatable bonds is 5. The lowest BCUT2D eigenvalue weighted by molar-refractivity contribution is -0.153. The van der Waals surface area contributed by atoms with E-state index in [0.717, 1.165) is 0 Å². The van der Waals surface area contributed by atoms with E-state index in [1.807, 2.05) is 5.38 Å². The Bertz CT molecular complexity index is 812. The number of nitrogens with one attached hydrogen (secondary N) is 1. The van der Waals surface area contributed by atoms with E-state index in [4.69, 9.17) is 0 Å². The number of hydrazone groups is 1. The first-order valence-electron chi connectivity index (χ1n) is 8.06. The van der Waals surface area contributed by atoms with Crippen LogP contribution < -0.4 is 10.3 Å². The maximum absolute atomic E-state index is 12.7. The highest BCUT2D eigenvalue weighted by atomic mass is 32.2. The Balaban J connectivity index is 1.80. The van der Waals surface area contributed by atoms with Crippen LogP contribution in [0.4, 0.5) is 5.00 Å². The van der Waals surface area contributed by atoms with Gasteiger partial charge in [0.2, 0.25) is 17.7 Å². The number of carbonyl (C=O) groups excluding carboxylic acids is 3. The average molecular weight is 410 g/mol. The number of thioether (sulfide) groups is 1. The maximum atomic E-state index is 12.7. The summed E-state index contributed by atoms with van der Waals surface area (Å²) in [5, 5.41) is 15.6. The summed E-state index contributed by atoms with van der Waals surface area (Å²) in [5.41, 5.74) is 0.797. The predicted molar refractivity (Wildman–Crippen MR) is 102 cm³/mol. The minimum absolute atomic E-state index is 0.0609. The molecule has 3 amide bonds. The summed E-state index contributed by atoms with van der Waals surface area (Å²) in [4.78, 5) is 50.6. The van der Waals surface area contributed by atoms with E-state index in [-0.39, 0.29) is 29.5 Å². The van der Waals surface area contributed by atoms with Crippen molar-refractivity contribution >= 4 is 58.0 Å². The van der Waals surface area contributed by atoms with Crippen molar-refractivity contribution in [1.82, 2.24) is 10.3 Å². The molecule has 0 radical (unpaired) electrons. The van der Waals surface area contributed by atoms with Crippen LogP contribution in [-0.2, 0) is 19.2 Å². The van der Waals surface area contributed by atoms with Crippen LogP contribution in [0.3, 0.4) is 0 Å². The maximum Gasteiger partial charge on any atom is 0.317 e. The number of amides is 3. The molecule has 2 aliphatic heterocycles. The molecule has 11 heteroatoms. The third-order valence-electron chi connectivity index (χ3n) is 4.40. The van der Waals surface area contributed by atoms with E-state index in [2.05, 4.69) is 10.5 Å². The fourth-order valence-electron chi connectivity index (χ4n) is 3.08. The summed E-state index contributed by atoms with van der Waals surface area (Å²) < 4.78 is 0. The fourth-order valence-corrected chi connectivity index (χ4v) is 5.43. The van der Waals surface area contributed by atoms with Crippen molar-refractivity contribution in [3.8, 4) is 0 Å². The van der Waals surface area contributed by atoms with Crippen molar-refractivity contribution in [2.45, 2.75) is 25.3 Å². The van der Waals surface area contributed by atoms with E-state index in [1.165, 1.54) is 53.0 Å². The first-order chi connectivity index (χ1) is 12.8. The second kappa shape index (κ2) is 7.31. The van der Waals surface area contributed by atoms with Crippen molar-refractivity contribution in [1.29, 1.82) is 0 Å². The number of carboxylic acids is 1. The van der Waals surface area contributed by atoms with E-state index in [0.29, 0.717) is 5.00 Å². The van der Waals surface area contributed by atoms with Crippen molar-refractivity contribution in [3.63, 3.8) is 0 Å². The van der Waals surface area contributed by atoms with Crippen LogP contribution in [0.5, 0.6) is 0 Å². The van der Waals surface area contributed by atoms with Gasteiger partial charge in [-0.2, -0.15) is 5.10 Å². The molecule has 0 bridgehead atoms. The molecule has 3 heterocycles. The quantitative estimate of drug-likeness (QED) is 0.416. The van der Waals surface area contributed by atoms with E-state index in [9.17, 15) is 24.3 Å². The van der Waals surface area contributed by atoms with Gasteiger partial charge in [0.25, 0.3) is 0 Å². The number of fused-ring (bicyclic) bond motifs is 1. The van der Waals surface area contributed by atoms with Gasteiger partial charge in [-0.3, -0.25) is 24.1 Å². The Hall–Kier alpha value is -2.40. The molecule has 2 saturated heterocycles. The van der Waals surface area contributed by atoms with Gasteiger partial charge in [0.15, 0.2) is 0 Å². The largest absolute Gasteiger partial charge is 0.480 e. The van der Waals surface area contributed by atoms with Crippen LogP contribution >= 0.6 is 23.1 Å². The summed E-state index contributed by atoms with van der Waals surface area (Å²) in [5.74, 6) is -1.90. The third kappa shape index (κ3) is 3.44. The molecule has 2 N–H and O–H groups in total. The highest BCUT2D eigenvalue weighted by Gasteiger charge is 2.59. The smallest absolute Gasteiger partial charge is 0.317 e. The lowest BCUT2D eigenvalue weighted by Crippen LogP contribution is -2.74. The minimum Gasteiger partial charge on any atom is -0.480 e. The zero-order valence-electron chi connectivity index (χ0n) is 14.6. The lowest BCUT2D eigenvalue weighted by Gasteiger charge is -2.55. The SMILES string of the molecule is CC(=O)NN=CC1(C(=O)O)CS[C@@H]2C(N(C(C)=O)c3cccs3)C(=O)N2C1. The lowest BCUT2D eigenvalue weighted by atomic mass is 9.88. The number of thiophene rings is 1. The number of β-lactam (4-membered cyclic amide) rings is 1. The van der Waals surface area contributed by atoms with Crippen molar-refractivity contribution in [3.05, 3.63) is 17.5 Å². The molecule has 3 atom stereocenters. The molecule has 0 saturated carbocycles. The van der Waals surface area contributed by atoms with Crippen LogP contribution in [0.25, 0.3) is 0 Å². The summed E-state index contributed by atoms with van der Waals surface area (Å²) in [6.07, 6.45) is 1.17. The molecule has 1 aromatic heterocycles. The molecule has 9 nitrogen and oxygen atoms in total. The normalized spacial score (nSPS) is 27.0. The molecule has 1 aromatic rings. The summed E-state index contributed by atoms with van der Waals surface area (Å²) in [6, 6.07) is 2.93. The molecule has 2 fully saturated rings. The summed E-state index contributed by atoms with van der Waals surface area (Å²) >= 11 is 2.66. The van der Waals surface area contributed by atoms with Crippen LogP contribution in [0.2, 0.25) is 0 Å². The Morgan fingerprint density at radius 1 is 1.44 bits per heavy atom. The number of carbonyl (C=O) groups is 4. The van der Waals surface area contributed by atoms with Crippen LogP contribution in [0.1, 0.15) is 13.8 Å². The molecule has 3 rings (SSSR count). The number of nitrogens with zero attached hydrogens (tertiary/aromatic N) is 3. The molecular weight excluding hydrogens is 392 g/mol. The van der Waals surface area contributed by atoms with Gasteiger partial charge in [-0.1, -0.05) is 0 Å². The molecule has 0 aliphatic carbocycles. The summed E-state index contributed by atoms with van der Waals surface area (Å²) in [6.45, 7) is 2.61. The average Bonchev–Trinajstić information content (AvgIpc) is 3.12. The van der Waals surface area contributed by atoms with Crippen molar-refractivity contribution in [2.24, 2.45) is 10.5 Å². The van der Waals surface area contributed by atoms with Crippen LogP contribution in [0.15, 0.2) is 22.6 Å². The molecule has 0 aromatic carbocycles. The van der Waals surface area contributed by atoms with Gasteiger partial charge in [-0.15, -0.1) is 23.1 Å². The Kier molecular flexibility index (Phi) is 5.24. The van der Waals surface area contributed by atoms with Gasteiger partial charge in [0, 0.05) is 32.4 Å². The van der Waals surface area contributed by atoms with Crippen LogP contribution in [0, 0.1) is 5.41 Å². The van der Waals surface area contributed by atoms with Gasteiger partial charge in [0.1, 0.15) is 16.8 Å². The Morgan fingerprint density at radius 3 is 2.74 bits per heavy atom. The first-order valence-corrected chi connectivity index (χ1v) is 9.99. The molecule has 2 aliphatic rings. The molecule has 2 unspecified atom stereocenters. The monoisotopic (exact) mass is 410 g/mol. The number of hydrogen-bond donors (Lipinski definition) is 2. The number of hydrogen-bond acceptors (Lipinski definition) is 7. The third-order valence-corrected chi connectivity index (χ3v) is 6.80. The zero-order valence-corrected chi connectivity index (χ0v) is 16.2. The topological polar surface area (TPSA) is 119 Å². The highest BCUT2D eigenvalue weighted by Crippen LogP contribution is 2.44. The van der Waals surface area contributed by atoms with Gasteiger partial charge < -0.3 is 10.0 Å². The predicted octanol–water partition coefficient (Wildman–Crippen LogP) is 0.578. The molecule has 144 valence electrons. The Morgan fingerprint density at radius 2 is 2.19 bits per heavy atom. The van der Waals surface area contributed by atoms with Crippen molar-refractivity contribution < 1.29 is 24.3 Å². The van der Waals surface area contributed by atoms with Gasteiger partial charge in [0.05, 0.1) is 5.00 Å². The first kappa shape index (κ1) is 19.4. The highest BCUT2D eigenvalue weighted by molar-refractivity contribution is 8.00. The molecule has 0 spiro atoms. The second-order valence-electron chi connectivity index (χ2n) is 6.34. The van der Waals surface area contributed by atoms with E-state index >= 15 is 0 Å². The van der Waals surface area contributed by atoms with E-state index < -0.39 is 23.3 Å². The van der Waals surface area contributed by atoms with Crippen molar-refractivity contribution in [2.75, 3.05) is 17.2 Å². The van der Waals surface area contributed by atoms with Gasteiger partial charge >= 0.3 is 5.97 Å². The number of anilines is 1. The summed E-state index contributed by atoms with van der Waals surface area (Å²) in [7, 11) is 0. The second-order valence-corrected chi connectivity index (χ2v) is 8.37. The standard InChI is InChI=1S/C16H18N4O5S2/c1-9(21)18-17-6-16(15(24)25)7-19-13(23)12(14(19)27-8-16)20(10(2)22)11-4-3-5-26-11/h3-6,12,14H,7-8H2,1-2H3,(H,18,21)(H,24,25)/t12?,14-,16?/m1/s1. The van der Waals surface area contributed by atoms with Crippen LogP contribution in [-0.4, -0.2) is 63.6 Å². The number of carboxylic acid groups (broad SMARTS) is 1. The van der Waals surface area contributed by atoms with Gasteiger partial charge in [-0.25, -0.2) is 5.43 Å². The molecule has 27 heavy (non-hydrogen) atoms. The Labute approximate surface area is 163 Å². The fraction of sp³-hybridized carbons (Fsp3) is 0.438.